The molecule has 1 saturated heterocycles. The van der Waals surface area contributed by atoms with Gasteiger partial charge in [-0.2, -0.15) is 13.2 Å². The Morgan fingerprint density at radius 3 is 2.60 bits per heavy atom. The fourth-order valence-electron chi connectivity index (χ4n) is 2.62. The van der Waals surface area contributed by atoms with Crippen molar-refractivity contribution in [2.24, 2.45) is 0 Å². The first-order valence-corrected chi connectivity index (χ1v) is 7.51. The van der Waals surface area contributed by atoms with Gasteiger partial charge >= 0.3 is 6.18 Å². The molecule has 112 valence electrons. The number of hydrogen-bond donors (Lipinski definition) is 0. The maximum Gasteiger partial charge on any atom is 0.416 e. The van der Waals surface area contributed by atoms with Crippen LogP contribution in [0.2, 0.25) is 0 Å². The number of likely N-dealkylation sites (N-methyl/N-ethyl adjacent to an activating group) is 1. The molecule has 0 spiro atoms. The van der Waals surface area contributed by atoms with E-state index in [4.69, 9.17) is 0 Å². The number of nitrogens with zero attached hydrogens (tertiary/aromatic N) is 2. The Hall–Kier alpha value is -0.340. The molecular weight excluding hydrogens is 380 g/mol. The zero-order valence-electron chi connectivity index (χ0n) is 11.5. The molecule has 0 N–H and O–H groups in total. The molecule has 2 nitrogen and oxygen atoms in total. The molecule has 1 unspecified atom stereocenters. The molecule has 2 rings (SSSR count). The van der Waals surface area contributed by atoms with Gasteiger partial charge in [0.1, 0.15) is 0 Å². The van der Waals surface area contributed by atoms with E-state index in [1.165, 1.54) is 12.1 Å². The molecule has 1 aromatic carbocycles. The Morgan fingerprint density at radius 1 is 1.35 bits per heavy atom. The third kappa shape index (κ3) is 4.08. The lowest BCUT2D eigenvalue weighted by atomic mass is 10.1. The summed E-state index contributed by atoms with van der Waals surface area (Å²) < 4.78 is 40.6. The second-order valence-corrected chi connectivity index (χ2v) is 6.93. The highest BCUT2D eigenvalue weighted by atomic mass is 127. The van der Waals surface area contributed by atoms with Gasteiger partial charge in [-0.1, -0.05) is 11.6 Å². The van der Waals surface area contributed by atoms with Gasteiger partial charge in [-0.25, -0.2) is 3.11 Å². The molecule has 1 aliphatic rings. The van der Waals surface area contributed by atoms with Crippen LogP contribution in [0.25, 0.3) is 0 Å². The van der Waals surface area contributed by atoms with Crippen LogP contribution >= 0.6 is 22.9 Å². The summed E-state index contributed by atoms with van der Waals surface area (Å²) in [5.74, 6) is 0. The molecule has 0 saturated carbocycles. The van der Waals surface area contributed by atoms with E-state index < -0.39 is 11.7 Å². The molecule has 1 aliphatic heterocycles. The van der Waals surface area contributed by atoms with E-state index in [2.05, 4.69) is 30.9 Å². The topological polar surface area (TPSA) is 6.48 Å². The summed E-state index contributed by atoms with van der Waals surface area (Å²) in [6.07, 6.45) is -3.20. The van der Waals surface area contributed by atoms with E-state index >= 15 is 0 Å². The molecule has 0 radical (unpaired) electrons. The van der Waals surface area contributed by atoms with Gasteiger partial charge in [0.05, 0.1) is 5.56 Å². The van der Waals surface area contributed by atoms with Crippen LogP contribution in [0.15, 0.2) is 18.2 Å². The number of likely N-dealkylation sites (tertiary alicyclic amines) is 1. The summed E-state index contributed by atoms with van der Waals surface area (Å²) in [6.45, 7) is 4.15. The molecule has 20 heavy (non-hydrogen) atoms. The van der Waals surface area contributed by atoms with Crippen LogP contribution in [0.5, 0.6) is 0 Å². The fraction of sp³-hybridized carbons (Fsp3) is 0.571. The van der Waals surface area contributed by atoms with Crippen LogP contribution in [0, 0.1) is 6.92 Å². The van der Waals surface area contributed by atoms with Gasteiger partial charge in [-0.15, -0.1) is 0 Å². The van der Waals surface area contributed by atoms with Crippen LogP contribution in [-0.4, -0.2) is 34.2 Å². The van der Waals surface area contributed by atoms with Crippen molar-refractivity contribution >= 4 is 22.9 Å². The minimum atomic E-state index is -4.27. The molecule has 0 aromatic heterocycles. The minimum Gasteiger partial charge on any atom is -0.297 e. The van der Waals surface area contributed by atoms with Crippen molar-refractivity contribution in [2.75, 3.05) is 20.1 Å². The summed E-state index contributed by atoms with van der Waals surface area (Å²) in [7, 11) is 2.03. The van der Waals surface area contributed by atoms with Gasteiger partial charge in [0.25, 0.3) is 0 Å². The summed E-state index contributed by atoms with van der Waals surface area (Å²) in [4.78, 5) is 2.22. The lowest BCUT2D eigenvalue weighted by molar-refractivity contribution is -0.137. The fourth-order valence-corrected chi connectivity index (χ4v) is 3.08. The number of alkyl halides is 3. The second kappa shape index (κ2) is 6.19. The van der Waals surface area contributed by atoms with Gasteiger partial charge in [0.15, 0.2) is 0 Å². The molecule has 6 heteroatoms. The van der Waals surface area contributed by atoms with E-state index in [1.807, 2.05) is 13.1 Å². The van der Waals surface area contributed by atoms with Gasteiger partial charge in [0, 0.05) is 48.5 Å². The summed E-state index contributed by atoms with van der Waals surface area (Å²) in [5, 5.41) is 0. The summed E-state index contributed by atoms with van der Waals surface area (Å²) in [5.41, 5.74) is 0.861. The first-order chi connectivity index (χ1) is 9.25. The first kappa shape index (κ1) is 16.0. The zero-order valence-corrected chi connectivity index (χ0v) is 13.7. The van der Waals surface area contributed by atoms with Crippen molar-refractivity contribution in [1.29, 1.82) is 0 Å². The van der Waals surface area contributed by atoms with Gasteiger partial charge in [0.2, 0.25) is 0 Å². The van der Waals surface area contributed by atoms with Crippen LogP contribution in [-0.2, 0) is 12.7 Å². The quantitative estimate of drug-likeness (QED) is 0.564. The molecule has 1 atom stereocenters. The van der Waals surface area contributed by atoms with Crippen molar-refractivity contribution in [3.05, 3.63) is 34.9 Å². The number of rotatable bonds is 3. The minimum absolute atomic E-state index is 0.488. The van der Waals surface area contributed by atoms with Crippen LogP contribution in [0.3, 0.4) is 0 Å². The lowest BCUT2D eigenvalue weighted by Gasteiger charge is -2.19. The van der Waals surface area contributed by atoms with Gasteiger partial charge in [-0.3, -0.25) is 4.90 Å². The Kier molecular flexibility index (Phi) is 4.96. The maximum absolute atomic E-state index is 12.8. The van der Waals surface area contributed by atoms with E-state index in [9.17, 15) is 13.2 Å². The molecule has 1 fully saturated rings. The number of benzene rings is 1. The van der Waals surface area contributed by atoms with E-state index in [-0.39, 0.29) is 0 Å². The standard InChI is InChI=1S/C14H18F3IN2/c1-10-5-11(7-12(6-10)14(15,16)17)8-20-4-3-13(9-20)19(2)18/h5-7,13H,3-4,8-9H2,1-2H3. The Labute approximate surface area is 131 Å². The first-order valence-electron chi connectivity index (χ1n) is 6.54. The highest BCUT2D eigenvalue weighted by molar-refractivity contribution is 14.1. The number of aryl methyl sites for hydroxylation is 1. The van der Waals surface area contributed by atoms with Crippen molar-refractivity contribution in [3.63, 3.8) is 0 Å². The van der Waals surface area contributed by atoms with E-state index in [0.717, 1.165) is 25.1 Å². The summed E-state index contributed by atoms with van der Waals surface area (Å²) >= 11 is 2.26. The van der Waals surface area contributed by atoms with Gasteiger partial charge in [-0.05, 0) is 38.1 Å². The van der Waals surface area contributed by atoms with Crippen LogP contribution in [0.1, 0.15) is 23.1 Å². The molecule has 1 heterocycles. The largest absolute Gasteiger partial charge is 0.416 e. The predicted octanol–water partition coefficient (Wildman–Crippen LogP) is 3.87. The monoisotopic (exact) mass is 398 g/mol. The molecule has 0 amide bonds. The van der Waals surface area contributed by atoms with Crippen LogP contribution < -0.4 is 0 Å². The number of halogens is 4. The van der Waals surface area contributed by atoms with E-state index in [1.54, 1.807) is 6.92 Å². The highest BCUT2D eigenvalue weighted by Gasteiger charge is 2.31. The zero-order chi connectivity index (χ0) is 14.9. The predicted molar refractivity (Wildman–Crippen MR) is 81.6 cm³/mol. The SMILES string of the molecule is Cc1cc(CN2CCC(N(C)I)C2)cc(C(F)(F)F)c1. The molecule has 1 aromatic rings. The third-order valence-electron chi connectivity index (χ3n) is 3.62. The Balaban J connectivity index is 2.09. The average Bonchev–Trinajstić information content (AvgIpc) is 2.75. The molecular formula is C14H18F3IN2. The van der Waals surface area contributed by atoms with Crippen molar-refractivity contribution in [1.82, 2.24) is 8.01 Å². The van der Waals surface area contributed by atoms with Crippen molar-refractivity contribution in [2.45, 2.75) is 32.1 Å². The van der Waals surface area contributed by atoms with Crippen molar-refractivity contribution < 1.29 is 13.2 Å². The summed E-state index contributed by atoms with van der Waals surface area (Å²) in [6, 6.07) is 4.81. The van der Waals surface area contributed by atoms with E-state index in [0.29, 0.717) is 18.2 Å². The average molecular weight is 398 g/mol. The Morgan fingerprint density at radius 2 is 2.05 bits per heavy atom. The highest BCUT2D eigenvalue weighted by Crippen LogP contribution is 2.31. The maximum atomic E-state index is 12.8. The normalized spacial score (nSPS) is 20.9. The third-order valence-corrected chi connectivity index (χ3v) is 4.41. The lowest BCUT2D eigenvalue weighted by Crippen LogP contribution is -2.28. The van der Waals surface area contributed by atoms with Crippen LogP contribution in [0.4, 0.5) is 13.2 Å². The smallest absolute Gasteiger partial charge is 0.297 e. The Bertz CT molecular complexity index is 474. The molecule has 0 bridgehead atoms. The van der Waals surface area contributed by atoms with Crippen molar-refractivity contribution in [3.8, 4) is 0 Å². The van der Waals surface area contributed by atoms with Gasteiger partial charge < -0.3 is 0 Å². The molecule has 0 aliphatic carbocycles. The number of hydrogen-bond acceptors (Lipinski definition) is 2. The second-order valence-electron chi connectivity index (χ2n) is 5.41.